The minimum atomic E-state index is 0.413. The Balaban J connectivity index is 2.55. The Morgan fingerprint density at radius 1 is 1.46 bits per heavy atom. The van der Waals surface area contributed by atoms with E-state index in [9.17, 15) is 0 Å². The molecule has 1 aromatic heterocycles. The molecule has 0 radical (unpaired) electrons. The summed E-state index contributed by atoms with van der Waals surface area (Å²) in [5, 5.41) is 8.10. The molecule has 0 spiro atoms. The number of nitrogens with two attached hydrogens (primary N) is 1. The normalized spacial score (nSPS) is 10.1. The van der Waals surface area contributed by atoms with Crippen LogP contribution in [-0.2, 0) is 0 Å². The Bertz CT molecular complexity index is 249. The molecular formula is C8H13ClN4. The van der Waals surface area contributed by atoms with E-state index in [1.807, 2.05) is 18.0 Å². The standard InChI is InChI=1S/C8H13ClN4/c1-13(6-2-5-10)8-4-3-7(9)11-12-8/h3-4H,2,5-6,10H2,1H3. The molecule has 0 unspecified atom stereocenters. The summed E-state index contributed by atoms with van der Waals surface area (Å²) in [4.78, 5) is 2.00. The molecule has 0 atom stereocenters. The lowest BCUT2D eigenvalue weighted by Gasteiger charge is -2.16. The SMILES string of the molecule is CN(CCCN)c1ccc(Cl)nn1. The van der Waals surface area contributed by atoms with Crippen LogP contribution in [0.4, 0.5) is 5.82 Å². The average molecular weight is 201 g/mol. The number of hydrogen-bond acceptors (Lipinski definition) is 4. The van der Waals surface area contributed by atoms with Crippen molar-refractivity contribution in [3.63, 3.8) is 0 Å². The van der Waals surface area contributed by atoms with Gasteiger partial charge in [-0.1, -0.05) is 11.6 Å². The van der Waals surface area contributed by atoms with Gasteiger partial charge in [0, 0.05) is 13.6 Å². The third-order valence-corrected chi connectivity index (χ3v) is 1.91. The van der Waals surface area contributed by atoms with Gasteiger partial charge in [-0.3, -0.25) is 0 Å². The first kappa shape index (κ1) is 10.2. The first-order valence-corrected chi connectivity index (χ1v) is 4.52. The topological polar surface area (TPSA) is 55.0 Å². The van der Waals surface area contributed by atoms with Gasteiger partial charge in [-0.15, -0.1) is 10.2 Å². The van der Waals surface area contributed by atoms with Gasteiger partial charge in [0.15, 0.2) is 11.0 Å². The van der Waals surface area contributed by atoms with Crippen LogP contribution in [0.15, 0.2) is 12.1 Å². The third kappa shape index (κ3) is 3.16. The highest BCUT2D eigenvalue weighted by molar-refractivity contribution is 6.29. The molecule has 0 aromatic carbocycles. The fourth-order valence-corrected chi connectivity index (χ4v) is 1.06. The van der Waals surface area contributed by atoms with Crippen molar-refractivity contribution in [3.05, 3.63) is 17.3 Å². The van der Waals surface area contributed by atoms with Crippen LogP contribution >= 0.6 is 11.6 Å². The Morgan fingerprint density at radius 2 is 2.23 bits per heavy atom. The van der Waals surface area contributed by atoms with Crippen molar-refractivity contribution in [2.45, 2.75) is 6.42 Å². The predicted molar refractivity (Wildman–Crippen MR) is 54.0 cm³/mol. The molecule has 13 heavy (non-hydrogen) atoms. The summed E-state index contributed by atoms with van der Waals surface area (Å²) in [5.74, 6) is 0.817. The lowest BCUT2D eigenvalue weighted by Crippen LogP contribution is -2.22. The Hall–Kier alpha value is -0.870. The summed E-state index contributed by atoms with van der Waals surface area (Å²) in [6, 6.07) is 3.56. The predicted octanol–water partition coefficient (Wildman–Crippen LogP) is 0.915. The summed E-state index contributed by atoms with van der Waals surface area (Å²) in [5.41, 5.74) is 5.40. The second kappa shape index (κ2) is 4.99. The van der Waals surface area contributed by atoms with E-state index in [2.05, 4.69) is 10.2 Å². The molecule has 1 aromatic rings. The molecule has 0 saturated carbocycles. The third-order valence-electron chi connectivity index (χ3n) is 1.71. The summed E-state index contributed by atoms with van der Waals surface area (Å²) in [7, 11) is 1.95. The van der Waals surface area contributed by atoms with E-state index in [0.717, 1.165) is 18.8 Å². The molecular weight excluding hydrogens is 188 g/mol. The van der Waals surface area contributed by atoms with E-state index in [4.69, 9.17) is 17.3 Å². The van der Waals surface area contributed by atoms with Gasteiger partial charge in [0.2, 0.25) is 0 Å². The number of rotatable bonds is 4. The minimum absolute atomic E-state index is 0.413. The molecule has 72 valence electrons. The molecule has 0 aliphatic rings. The molecule has 0 aliphatic heterocycles. The maximum absolute atomic E-state index is 5.61. The first-order chi connectivity index (χ1) is 6.24. The highest BCUT2D eigenvalue weighted by Crippen LogP contribution is 2.09. The summed E-state index contributed by atoms with van der Waals surface area (Å²) in [6.07, 6.45) is 0.945. The highest BCUT2D eigenvalue weighted by atomic mass is 35.5. The zero-order valence-corrected chi connectivity index (χ0v) is 8.33. The molecule has 0 fully saturated rings. The fraction of sp³-hybridized carbons (Fsp3) is 0.500. The van der Waals surface area contributed by atoms with Crippen molar-refractivity contribution in [1.29, 1.82) is 0 Å². The van der Waals surface area contributed by atoms with Crippen molar-refractivity contribution in [3.8, 4) is 0 Å². The van der Waals surface area contributed by atoms with Gasteiger partial charge in [0.1, 0.15) is 0 Å². The van der Waals surface area contributed by atoms with Crippen molar-refractivity contribution >= 4 is 17.4 Å². The monoisotopic (exact) mass is 200 g/mol. The molecule has 1 heterocycles. The Kier molecular flexibility index (Phi) is 3.92. The van der Waals surface area contributed by atoms with Gasteiger partial charge < -0.3 is 10.6 Å². The van der Waals surface area contributed by atoms with Gasteiger partial charge in [-0.05, 0) is 25.1 Å². The number of aromatic nitrogens is 2. The first-order valence-electron chi connectivity index (χ1n) is 4.14. The van der Waals surface area contributed by atoms with Crippen LogP contribution < -0.4 is 10.6 Å². The van der Waals surface area contributed by atoms with Crippen LogP contribution in [0.2, 0.25) is 5.15 Å². The van der Waals surface area contributed by atoms with Crippen LogP contribution in [0.3, 0.4) is 0 Å². The molecule has 2 N–H and O–H groups in total. The largest absolute Gasteiger partial charge is 0.358 e. The zero-order valence-electron chi connectivity index (χ0n) is 7.57. The molecule has 0 aliphatic carbocycles. The van der Waals surface area contributed by atoms with Crippen molar-refractivity contribution in [2.24, 2.45) is 5.73 Å². The summed E-state index contributed by atoms with van der Waals surface area (Å²) >= 11 is 5.61. The second-order valence-corrected chi connectivity index (χ2v) is 3.17. The molecule has 4 nitrogen and oxygen atoms in total. The van der Waals surface area contributed by atoms with Crippen molar-refractivity contribution < 1.29 is 0 Å². The van der Waals surface area contributed by atoms with Gasteiger partial charge >= 0.3 is 0 Å². The highest BCUT2D eigenvalue weighted by Gasteiger charge is 2.01. The van der Waals surface area contributed by atoms with E-state index in [0.29, 0.717) is 11.7 Å². The van der Waals surface area contributed by atoms with E-state index in [1.54, 1.807) is 6.07 Å². The maximum atomic E-state index is 5.61. The molecule has 0 saturated heterocycles. The average Bonchev–Trinajstić information content (AvgIpc) is 2.15. The number of nitrogens with zero attached hydrogens (tertiary/aromatic N) is 3. The fourth-order valence-electron chi connectivity index (χ4n) is 0.956. The van der Waals surface area contributed by atoms with Gasteiger partial charge in [0.25, 0.3) is 0 Å². The van der Waals surface area contributed by atoms with Crippen LogP contribution in [0.25, 0.3) is 0 Å². The van der Waals surface area contributed by atoms with E-state index >= 15 is 0 Å². The van der Waals surface area contributed by atoms with Crippen LogP contribution in [0.1, 0.15) is 6.42 Å². The lowest BCUT2D eigenvalue weighted by molar-refractivity contribution is 0.778. The van der Waals surface area contributed by atoms with Gasteiger partial charge in [-0.2, -0.15) is 0 Å². The smallest absolute Gasteiger partial charge is 0.151 e. The van der Waals surface area contributed by atoms with E-state index < -0.39 is 0 Å². The second-order valence-electron chi connectivity index (χ2n) is 2.78. The Labute approximate surface area is 82.7 Å². The van der Waals surface area contributed by atoms with E-state index in [-0.39, 0.29) is 0 Å². The quantitative estimate of drug-likeness (QED) is 0.785. The van der Waals surface area contributed by atoms with Crippen molar-refractivity contribution in [1.82, 2.24) is 10.2 Å². The molecule has 0 amide bonds. The van der Waals surface area contributed by atoms with E-state index in [1.165, 1.54) is 0 Å². The minimum Gasteiger partial charge on any atom is -0.358 e. The summed E-state index contributed by atoms with van der Waals surface area (Å²) in [6.45, 7) is 1.57. The van der Waals surface area contributed by atoms with Crippen molar-refractivity contribution in [2.75, 3.05) is 25.0 Å². The zero-order chi connectivity index (χ0) is 9.68. The number of anilines is 1. The number of halogens is 1. The summed E-state index contributed by atoms with van der Waals surface area (Å²) < 4.78 is 0. The number of hydrogen-bond donors (Lipinski definition) is 1. The Morgan fingerprint density at radius 3 is 2.77 bits per heavy atom. The van der Waals surface area contributed by atoms with Gasteiger partial charge in [0.05, 0.1) is 0 Å². The lowest BCUT2D eigenvalue weighted by atomic mass is 10.4. The van der Waals surface area contributed by atoms with Crippen LogP contribution in [-0.4, -0.2) is 30.3 Å². The molecule has 5 heteroatoms. The maximum Gasteiger partial charge on any atom is 0.151 e. The molecule has 1 rings (SSSR count). The van der Waals surface area contributed by atoms with Gasteiger partial charge in [-0.25, -0.2) is 0 Å². The van der Waals surface area contributed by atoms with Crippen LogP contribution in [0, 0.1) is 0 Å². The van der Waals surface area contributed by atoms with Crippen LogP contribution in [0.5, 0.6) is 0 Å². The molecule has 0 bridgehead atoms.